The number of nitrogens with zero attached hydrogens (tertiary/aromatic N) is 2. The molecule has 160 valence electrons. The van der Waals surface area contributed by atoms with E-state index in [-0.39, 0.29) is 17.9 Å². The summed E-state index contributed by atoms with van der Waals surface area (Å²) in [7, 11) is 5.03. The molecule has 2 heterocycles. The van der Waals surface area contributed by atoms with Crippen LogP contribution >= 0.6 is 0 Å². The molecule has 0 unspecified atom stereocenters. The van der Waals surface area contributed by atoms with Gasteiger partial charge in [-0.2, -0.15) is 0 Å². The van der Waals surface area contributed by atoms with Crippen molar-refractivity contribution in [1.29, 1.82) is 0 Å². The second kappa shape index (κ2) is 7.16. The summed E-state index contributed by atoms with van der Waals surface area (Å²) < 4.78 is 17.7. The van der Waals surface area contributed by atoms with Crippen LogP contribution in [0.5, 0.6) is 5.75 Å². The summed E-state index contributed by atoms with van der Waals surface area (Å²) in [6.45, 7) is 6.09. The van der Waals surface area contributed by atoms with Gasteiger partial charge in [0.1, 0.15) is 11.4 Å². The predicted molar refractivity (Wildman–Crippen MR) is 113 cm³/mol. The summed E-state index contributed by atoms with van der Waals surface area (Å²) in [6, 6.07) is 4.05. The molecule has 1 aromatic carbocycles. The van der Waals surface area contributed by atoms with Crippen LogP contribution in [0.2, 0.25) is 0 Å². The second-order valence-corrected chi connectivity index (χ2v) is 9.01. The third-order valence-electron chi connectivity index (χ3n) is 5.83. The van der Waals surface area contributed by atoms with Crippen molar-refractivity contribution in [3.05, 3.63) is 41.1 Å². The minimum atomic E-state index is -0.595. The molecular formula is C23H28N2O5. The van der Waals surface area contributed by atoms with Crippen molar-refractivity contribution in [2.24, 2.45) is 0 Å². The number of fused-ring (bicyclic) bond motifs is 2. The van der Waals surface area contributed by atoms with Crippen LogP contribution in [0, 0.1) is 0 Å². The minimum Gasteiger partial charge on any atom is -0.497 e. The summed E-state index contributed by atoms with van der Waals surface area (Å²) in [5.41, 5.74) is 2.95. The standard InChI is InChI=1S/C23H28N2O5/c1-23(2,3)30-22(27)25-12-13-8-18-16(7-14(11-24(18)4)21(26)29-6)17-9-15(28-5)10-19(25)20(13)17/h7,9-10,12,16,18H,8,11H2,1-6H3/t16-,18+/m0/s1. The van der Waals surface area contributed by atoms with Crippen LogP contribution < -0.4 is 4.74 Å². The largest absolute Gasteiger partial charge is 0.497 e. The Balaban J connectivity index is 1.90. The van der Waals surface area contributed by atoms with Gasteiger partial charge in [0.15, 0.2) is 0 Å². The molecule has 7 nitrogen and oxygen atoms in total. The highest BCUT2D eigenvalue weighted by atomic mass is 16.6. The second-order valence-electron chi connectivity index (χ2n) is 9.01. The predicted octanol–water partition coefficient (Wildman–Crippen LogP) is 3.49. The molecule has 0 amide bonds. The zero-order chi connectivity index (χ0) is 21.8. The summed E-state index contributed by atoms with van der Waals surface area (Å²) >= 11 is 0. The number of likely N-dealkylation sites (N-methyl/N-ethyl adjacent to an activating group) is 1. The van der Waals surface area contributed by atoms with Gasteiger partial charge in [-0.3, -0.25) is 9.47 Å². The van der Waals surface area contributed by atoms with Gasteiger partial charge >= 0.3 is 12.1 Å². The highest BCUT2D eigenvalue weighted by molar-refractivity contribution is 5.97. The molecule has 7 heteroatoms. The first kappa shape index (κ1) is 20.5. The zero-order valence-electron chi connectivity index (χ0n) is 18.3. The molecule has 2 aliphatic rings. The number of carbonyl (C=O) groups is 2. The minimum absolute atomic E-state index is 0.00237. The number of hydrogen-bond donors (Lipinski definition) is 0. The summed E-state index contributed by atoms with van der Waals surface area (Å²) in [5.74, 6) is 0.350. The first-order valence-electron chi connectivity index (χ1n) is 10.1. The summed E-state index contributed by atoms with van der Waals surface area (Å²) in [6.07, 6.45) is 4.25. The maximum atomic E-state index is 12.9. The molecule has 30 heavy (non-hydrogen) atoms. The molecule has 1 aromatic heterocycles. The Morgan fingerprint density at radius 1 is 1.17 bits per heavy atom. The first-order chi connectivity index (χ1) is 14.1. The SMILES string of the molecule is COC(=O)C1=C[C@H]2c3cc(OC)cc4c3c(cn4C(=O)OC(C)(C)C)C[C@H]2N(C)C1. The van der Waals surface area contributed by atoms with E-state index in [9.17, 15) is 9.59 Å². The van der Waals surface area contributed by atoms with E-state index in [0.29, 0.717) is 17.9 Å². The van der Waals surface area contributed by atoms with E-state index in [1.165, 1.54) is 7.11 Å². The highest BCUT2D eigenvalue weighted by Crippen LogP contribution is 2.44. The van der Waals surface area contributed by atoms with E-state index in [1.54, 1.807) is 11.7 Å². The molecule has 4 rings (SSSR count). The Labute approximate surface area is 176 Å². The van der Waals surface area contributed by atoms with Gasteiger partial charge in [-0.05, 0) is 51.4 Å². The first-order valence-corrected chi connectivity index (χ1v) is 10.1. The van der Waals surface area contributed by atoms with Crippen molar-refractivity contribution in [3.8, 4) is 5.75 Å². The number of benzene rings is 1. The van der Waals surface area contributed by atoms with E-state index in [1.807, 2.05) is 52.2 Å². The molecule has 1 aliphatic carbocycles. The third-order valence-corrected chi connectivity index (χ3v) is 5.83. The van der Waals surface area contributed by atoms with E-state index in [4.69, 9.17) is 14.2 Å². The Kier molecular flexibility index (Phi) is 4.89. The fraction of sp³-hybridized carbons (Fsp3) is 0.478. The molecular weight excluding hydrogens is 384 g/mol. The molecule has 0 N–H and O–H groups in total. The number of esters is 1. The number of hydrogen-bond acceptors (Lipinski definition) is 6. The smallest absolute Gasteiger partial charge is 0.419 e. The molecule has 0 radical (unpaired) electrons. The average Bonchev–Trinajstić information content (AvgIpc) is 3.06. The fourth-order valence-electron chi connectivity index (χ4n) is 4.56. The summed E-state index contributed by atoms with van der Waals surface area (Å²) in [5, 5.41) is 1.03. The van der Waals surface area contributed by atoms with E-state index < -0.39 is 11.7 Å². The van der Waals surface area contributed by atoms with Gasteiger partial charge < -0.3 is 14.2 Å². The lowest BCUT2D eigenvalue weighted by Gasteiger charge is -2.40. The lowest BCUT2D eigenvalue weighted by molar-refractivity contribution is -0.136. The van der Waals surface area contributed by atoms with Crippen LogP contribution in [0.4, 0.5) is 4.79 Å². The molecule has 0 bridgehead atoms. The Bertz CT molecular complexity index is 1060. The van der Waals surface area contributed by atoms with Gasteiger partial charge in [0, 0.05) is 41.7 Å². The van der Waals surface area contributed by atoms with Crippen LogP contribution in [-0.4, -0.2) is 61.0 Å². The zero-order valence-corrected chi connectivity index (χ0v) is 18.3. The summed E-state index contributed by atoms with van der Waals surface area (Å²) in [4.78, 5) is 27.3. The topological polar surface area (TPSA) is 70.0 Å². The van der Waals surface area contributed by atoms with Crippen LogP contribution in [0.3, 0.4) is 0 Å². The van der Waals surface area contributed by atoms with Gasteiger partial charge in [0.25, 0.3) is 0 Å². The molecule has 2 aromatic rings. The van der Waals surface area contributed by atoms with E-state index in [0.717, 1.165) is 28.5 Å². The highest BCUT2D eigenvalue weighted by Gasteiger charge is 2.38. The fourth-order valence-corrected chi connectivity index (χ4v) is 4.56. The van der Waals surface area contributed by atoms with Gasteiger partial charge in [0.2, 0.25) is 0 Å². The number of carbonyl (C=O) groups excluding carboxylic acids is 2. The number of rotatable bonds is 2. The van der Waals surface area contributed by atoms with Gasteiger partial charge in [-0.1, -0.05) is 6.08 Å². The van der Waals surface area contributed by atoms with Crippen molar-refractivity contribution in [2.45, 2.75) is 44.8 Å². The molecule has 0 saturated carbocycles. The molecule has 0 spiro atoms. The van der Waals surface area contributed by atoms with E-state index in [2.05, 4.69) is 4.90 Å². The monoisotopic (exact) mass is 412 g/mol. The van der Waals surface area contributed by atoms with Crippen LogP contribution in [-0.2, 0) is 20.7 Å². The normalized spacial score (nSPS) is 21.1. The van der Waals surface area contributed by atoms with Crippen LogP contribution in [0.15, 0.2) is 30.0 Å². The Morgan fingerprint density at radius 2 is 1.90 bits per heavy atom. The van der Waals surface area contributed by atoms with Crippen molar-refractivity contribution in [3.63, 3.8) is 0 Å². The van der Waals surface area contributed by atoms with Crippen molar-refractivity contribution >= 4 is 23.0 Å². The lowest BCUT2D eigenvalue weighted by Crippen LogP contribution is -2.44. The number of methoxy groups -OCH3 is 2. The number of ether oxygens (including phenoxy) is 3. The van der Waals surface area contributed by atoms with E-state index >= 15 is 0 Å². The Morgan fingerprint density at radius 3 is 2.53 bits per heavy atom. The van der Waals surface area contributed by atoms with Gasteiger partial charge in [0.05, 0.1) is 19.7 Å². The number of aromatic nitrogens is 1. The molecule has 2 atom stereocenters. The van der Waals surface area contributed by atoms with Gasteiger partial charge in [-0.25, -0.2) is 9.59 Å². The van der Waals surface area contributed by atoms with Crippen molar-refractivity contribution in [2.75, 3.05) is 27.8 Å². The van der Waals surface area contributed by atoms with Crippen LogP contribution in [0.1, 0.15) is 37.8 Å². The molecule has 0 saturated heterocycles. The average molecular weight is 412 g/mol. The maximum Gasteiger partial charge on any atom is 0.419 e. The lowest BCUT2D eigenvalue weighted by atomic mass is 9.76. The Hall–Kier alpha value is -2.80. The van der Waals surface area contributed by atoms with Crippen LogP contribution in [0.25, 0.3) is 10.9 Å². The quantitative estimate of drug-likeness (QED) is 0.704. The third kappa shape index (κ3) is 3.37. The van der Waals surface area contributed by atoms with Crippen molar-refractivity contribution in [1.82, 2.24) is 9.47 Å². The maximum absolute atomic E-state index is 12.9. The molecule has 1 aliphatic heterocycles. The molecule has 0 fully saturated rings. The van der Waals surface area contributed by atoms with Gasteiger partial charge in [-0.15, -0.1) is 0 Å². The van der Waals surface area contributed by atoms with Crippen molar-refractivity contribution < 1.29 is 23.8 Å².